The Morgan fingerprint density at radius 3 is 2.32 bits per heavy atom. The van der Waals surface area contributed by atoms with Crippen LogP contribution in [0, 0.1) is 0 Å². The molecule has 0 aliphatic carbocycles. The van der Waals surface area contributed by atoms with Gasteiger partial charge in [0.2, 0.25) is 0 Å². The lowest BCUT2D eigenvalue weighted by Gasteiger charge is -2.38. The van der Waals surface area contributed by atoms with Gasteiger partial charge in [-0.05, 0) is 33.9 Å². The first kappa shape index (κ1) is 24.9. The van der Waals surface area contributed by atoms with Crippen molar-refractivity contribution >= 4 is 29.9 Å². The van der Waals surface area contributed by atoms with Crippen LogP contribution in [0.1, 0.15) is 46.5 Å². The lowest BCUT2D eigenvalue weighted by Crippen LogP contribution is -2.55. The smallest absolute Gasteiger partial charge is 0.191 e. The molecule has 1 aliphatic heterocycles. The molecule has 1 atom stereocenters. The number of rotatable bonds is 9. The van der Waals surface area contributed by atoms with Crippen LogP contribution in [0.25, 0.3) is 0 Å². The van der Waals surface area contributed by atoms with Crippen molar-refractivity contribution in [3.63, 3.8) is 0 Å². The summed E-state index contributed by atoms with van der Waals surface area (Å²) >= 11 is 0. The fourth-order valence-corrected chi connectivity index (χ4v) is 3.32. The van der Waals surface area contributed by atoms with E-state index in [1.54, 1.807) is 0 Å². The summed E-state index contributed by atoms with van der Waals surface area (Å²) in [5.74, 6) is 0.810. The van der Waals surface area contributed by atoms with Crippen molar-refractivity contribution in [2.45, 2.75) is 58.1 Å². The van der Waals surface area contributed by atoms with Crippen molar-refractivity contribution in [3.8, 4) is 0 Å². The monoisotopic (exact) mass is 469 g/mol. The second kappa shape index (κ2) is 13.1. The Labute approximate surface area is 171 Å². The van der Waals surface area contributed by atoms with Gasteiger partial charge in [-0.25, -0.2) is 0 Å². The maximum absolute atomic E-state index is 10.7. The second-order valence-electron chi connectivity index (χ2n) is 7.20. The zero-order valence-electron chi connectivity index (χ0n) is 16.8. The minimum atomic E-state index is -0.673. The number of hydrogen-bond donors (Lipinski definition) is 3. The van der Waals surface area contributed by atoms with Crippen molar-refractivity contribution in [1.29, 1.82) is 0 Å². The van der Waals surface area contributed by atoms with E-state index < -0.39 is 5.60 Å². The third-order valence-corrected chi connectivity index (χ3v) is 4.79. The van der Waals surface area contributed by atoms with E-state index in [0.29, 0.717) is 12.6 Å². The highest BCUT2D eigenvalue weighted by Crippen LogP contribution is 2.19. The average molecular weight is 469 g/mol. The normalized spacial score (nSPS) is 20.2. The summed E-state index contributed by atoms with van der Waals surface area (Å²) in [5.41, 5.74) is -0.673. The number of piperazine rings is 1. The lowest BCUT2D eigenvalue weighted by atomic mass is 9.93. The molecule has 150 valence electrons. The minimum Gasteiger partial charge on any atom is -0.388 e. The molecule has 0 radical (unpaired) electrons. The van der Waals surface area contributed by atoms with Crippen LogP contribution in [-0.4, -0.2) is 85.9 Å². The van der Waals surface area contributed by atoms with Crippen LogP contribution in [0.2, 0.25) is 0 Å². The number of aliphatic hydroxyl groups is 1. The second-order valence-corrected chi connectivity index (χ2v) is 7.20. The molecule has 0 amide bonds. The highest BCUT2D eigenvalue weighted by molar-refractivity contribution is 14.0. The van der Waals surface area contributed by atoms with E-state index in [-0.39, 0.29) is 24.0 Å². The maximum atomic E-state index is 10.7. The average Bonchev–Trinajstić information content (AvgIpc) is 2.53. The number of guanidine groups is 1. The van der Waals surface area contributed by atoms with E-state index in [4.69, 9.17) is 0 Å². The number of halogens is 1. The van der Waals surface area contributed by atoms with Crippen LogP contribution < -0.4 is 10.6 Å². The highest BCUT2D eigenvalue weighted by Gasteiger charge is 2.25. The van der Waals surface area contributed by atoms with Gasteiger partial charge >= 0.3 is 0 Å². The molecule has 3 N–H and O–H groups in total. The predicted molar refractivity (Wildman–Crippen MR) is 118 cm³/mol. The Hall–Kier alpha value is -0.120. The van der Waals surface area contributed by atoms with Gasteiger partial charge in [-0.15, -0.1) is 24.0 Å². The molecule has 1 fully saturated rings. The molecule has 0 aromatic rings. The maximum Gasteiger partial charge on any atom is 0.191 e. The number of hydrogen-bond acceptors (Lipinski definition) is 4. The van der Waals surface area contributed by atoms with Crippen LogP contribution in [0.3, 0.4) is 0 Å². The quantitative estimate of drug-likeness (QED) is 0.273. The molecule has 6 nitrogen and oxygen atoms in total. The summed E-state index contributed by atoms with van der Waals surface area (Å²) in [4.78, 5) is 9.44. The first-order valence-corrected chi connectivity index (χ1v) is 9.57. The molecule has 1 aliphatic rings. The van der Waals surface area contributed by atoms with Crippen molar-refractivity contribution in [2.24, 2.45) is 4.99 Å². The topological polar surface area (TPSA) is 63.1 Å². The Morgan fingerprint density at radius 1 is 1.12 bits per heavy atom. The van der Waals surface area contributed by atoms with Gasteiger partial charge in [-0.3, -0.25) is 9.89 Å². The molecule has 0 aromatic heterocycles. The summed E-state index contributed by atoms with van der Waals surface area (Å²) < 4.78 is 0. The predicted octanol–water partition coefficient (Wildman–Crippen LogP) is 1.74. The molecule has 7 heteroatoms. The Balaban J connectivity index is 0.00000576. The number of likely N-dealkylation sites (N-methyl/N-ethyl adjacent to an activating group) is 2. The zero-order chi connectivity index (χ0) is 18.0. The van der Waals surface area contributed by atoms with E-state index in [1.807, 2.05) is 0 Å². The molecule has 1 rings (SSSR count). The minimum absolute atomic E-state index is 0. The highest BCUT2D eigenvalue weighted by atomic mass is 127. The van der Waals surface area contributed by atoms with Crippen molar-refractivity contribution in [1.82, 2.24) is 20.4 Å². The summed E-state index contributed by atoms with van der Waals surface area (Å²) in [6.45, 7) is 11.8. The van der Waals surface area contributed by atoms with Crippen LogP contribution in [-0.2, 0) is 0 Å². The van der Waals surface area contributed by atoms with E-state index >= 15 is 0 Å². The first-order valence-electron chi connectivity index (χ1n) is 9.57. The zero-order valence-corrected chi connectivity index (χ0v) is 19.2. The molecule has 25 heavy (non-hydrogen) atoms. The van der Waals surface area contributed by atoms with Gasteiger partial charge in [-0.2, -0.15) is 0 Å². The Morgan fingerprint density at radius 2 is 1.76 bits per heavy atom. The van der Waals surface area contributed by atoms with Gasteiger partial charge in [0, 0.05) is 38.8 Å². The summed E-state index contributed by atoms with van der Waals surface area (Å²) in [5, 5.41) is 17.5. The van der Waals surface area contributed by atoms with E-state index in [9.17, 15) is 5.11 Å². The van der Waals surface area contributed by atoms with Crippen molar-refractivity contribution in [3.05, 3.63) is 0 Å². The summed E-state index contributed by atoms with van der Waals surface area (Å²) in [6, 6.07) is 0.484. The van der Waals surface area contributed by atoms with Crippen LogP contribution in [0.4, 0.5) is 0 Å². The van der Waals surface area contributed by atoms with Crippen LogP contribution in [0.5, 0.6) is 0 Å². The molecular weight excluding hydrogens is 429 g/mol. The van der Waals surface area contributed by atoms with Crippen LogP contribution in [0.15, 0.2) is 4.99 Å². The number of nitrogens with one attached hydrogen (secondary N) is 2. The SMILES string of the molecule is CCCC(O)(CCC)CN=C(NCC)NCC1CN(C)CCN1C.I. The third-order valence-electron chi connectivity index (χ3n) is 4.79. The first-order chi connectivity index (χ1) is 11.4. The van der Waals surface area contributed by atoms with E-state index in [2.05, 4.69) is 60.3 Å². The van der Waals surface area contributed by atoms with Crippen molar-refractivity contribution in [2.75, 3.05) is 53.4 Å². The van der Waals surface area contributed by atoms with Gasteiger partial charge in [0.05, 0.1) is 12.1 Å². The number of aliphatic imine (C=N–C) groups is 1. The molecule has 0 bridgehead atoms. The summed E-state index contributed by atoms with van der Waals surface area (Å²) in [7, 11) is 4.36. The molecule has 0 saturated carbocycles. The number of nitrogens with zero attached hydrogens (tertiary/aromatic N) is 3. The molecule has 0 aromatic carbocycles. The molecule has 1 heterocycles. The van der Waals surface area contributed by atoms with E-state index in [0.717, 1.165) is 64.4 Å². The van der Waals surface area contributed by atoms with E-state index in [1.165, 1.54) is 0 Å². The fourth-order valence-electron chi connectivity index (χ4n) is 3.32. The molecular formula is C18H40IN5O. The molecule has 1 unspecified atom stereocenters. The van der Waals surface area contributed by atoms with Gasteiger partial charge in [-0.1, -0.05) is 26.7 Å². The third kappa shape index (κ3) is 9.40. The Bertz CT molecular complexity index is 374. The molecule has 0 spiro atoms. The summed E-state index contributed by atoms with van der Waals surface area (Å²) in [6.07, 6.45) is 3.57. The molecule has 1 saturated heterocycles. The fraction of sp³-hybridized carbons (Fsp3) is 0.944. The Kier molecular flexibility index (Phi) is 13.0. The van der Waals surface area contributed by atoms with Gasteiger partial charge in [0.1, 0.15) is 0 Å². The van der Waals surface area contributed by atoms with Gasteiger partial charge in [0.15, 0.2) is 5.96 Å². The van der Waals surface area contributed by atoms with Gasteiger partial charge in [0.25, 0.3) is 0 Å². The van der Waals surface area contributed by atoms with Gasteiger partial charge < -0.3 is 20.6 Å². The largest absolute Gasteiger partial charge is 0.388 e. The van der Waals surface area contributed by atoms with Crippen molar-refractivity contribution < 1.29 is 5.11 Å². The lowest BCUT2D eigenvalue weighted by molar-refractivity contribution is 0.0305. The van der Waals surface area contributed by atoms with Crippen LogP contribution >= 0.6 is 24.0 Å². The standard InChI is InChI=1S/C18H39N5O.HI/c1-6-9-18(24,10-7-2)15-21-17(19-8-3)20-13-16-14-22(4)11-12-23(16)5;/h16,24H,6-15H2,1-5H3,(H2,19,20,21);1H.